The van der Waals surface area contributed by atoms with E-state index in [9.17, 15) is 14.4 Å². The normalized spacial score (nSPS) is 27.8. The Labute approximate surface area is 106 Å². The lowest BCUT2D eigenvalue weighted by molar-refractivity contribution is -0.136. The Bertz CT molecular complexity index is 360. The SMILES string of the molecule is CC(=O)NC1CCN(C(=O)C2CCC(=O)NC2)C1. The van der Waals surface area contributed by atoms with Gasteiger partial charge in [-0.3, -0.25) is 14.4 Å². The molecule has 2 heterocycles. The molecule has 0 saturated carbocycles. The summed E-state index contributed by atoms with van der Waals surface area (Å²) < 4.78 is 0. The van der Waals surface area contributed by atoms with Gasteiger partial charge in [-0.15, -0.1) is 0 Å². The van der Waals surface area contributed by atoms with Crippen molar-refractivity contribution in [1.29, 1.82) is 0 Å². The Kier molecular flexibility index (Phi) is 3.84. The Hall–Kier alpha value is -1.59. The monoisotopic (exact) mass is 253 g/mol. The van der Waals surface area contributed by atoms with Crippen molar-refractivity contribution >= 4 is 17.7 Å². The summed E-state index contributed by atoms with van der Waals surface area (Å²) in [6, 6.07) is 0.0737. The van der Waals surface area contributed by atoms with Crippen molar-refractivity contribution in [3.8, 4) is 0 Å². The van der Waals surface area contributed by atoms with Crippen LogP contribution in [0.3, 0.4) is 0 Å². The second-order valence-electron chi connectivity index (χ2n) is 5.01. The molecule has 6 nitrogen and oxygen atoms in total. The molecule has 2 unspecified atom stereocenters. The molecule has 0 aromatic carbocycles. The predicted molar refractivity (Wildman–Crippen MR) is 64.5 cm³/mol. The molecule has 2 atom stereocenters. The van der Waals surface area contributed by atoms with Crippen molar-refractivity contribution in [3.05, 3.63) is 0 Å². The van der Waals surface area contributed by atoms with Crippen molar-refractivity contribution in [3.63, 3.8) is 0 Å². The van der Waals surface area contributed by atoms with Gasteiger partial charge in [0.05, 0.1) is 5.92 Å². The van der Waals surface area contributed by atoms with Gasteiger partial charge in [0.2, 0.25) is 17.7 Å². The van der Waals surface area contributed by atoms with E-state index in [2.05, 4.69) is 10.6 Å². The van der Waals surface area contributed by atoms with Gasteiger partial charge in [-0.1, -0.05) is 0 Å². The van der Waals surface area contributed by atoms with Gasteiger partial charge in [-0.25, -0.2) is 0 Å². The van der Waals surface area contributed by atoms with Crippen molar-refractivity contribution in [2.75, 3.05) is 19.6 Å². The standard InChI is InChI=1S/C12H19N3O3/c1-8(16)14-10-4-5-15(7-10)12(18)9-2-3-11(17)13-6-9/h9-10H,2-7H2,1H3,(H,13,17)(H,14,16). The van der Waals surface area contributed by atoms with Crippen molar-refractivity contribution < 1.29 is 14.4 Å². The smallest absolute Gasteiger partial charge is 0.227 e. The highest BCUT2D eigenvalue weighted by Crippen LogP contribution is 2.18. The molecule has 0 aliphatic carbocycles. The van der Waals surface area contributed by atoms with Crippen LogP contribution in [0.1, 0.15) is 26.2 Å². The molecule has 0 radical (unpaired) electrons. The number of nitrogens with one attached hydrogen (secondary N) is 2. The minimum atomic E-state index is -0.0984. The van der Waals surface area contributed by atoms with Gasteiger partial charge >= 0.3 is 0 Å². The number of hydrogen-bond donors (Lipinski definition) is 2. The van der Waals surface area contributed by atoms with Crippen molar-refractivity contribution in [1.82, 2.24) is 15.5 Å². The third kappa shape index (κ3) is 3.00. The topological polar surface area (TPSA) is 78.5 Å². The number of carbonyl (C=O) groups excluding carboxylic acids is 3. The highest BCUT2D eigenvalue weighted by molar-refractivity contribution is 5.84. The van der Waals surface area contributed by atoms with Crippen LogP contribution < -0.4 is 10.6 Å². The van der Waals surface area contributed by atoms with Gasteiger partial charge in [0, 0.05) is 39.0 Å². The van der Waals surface area contributed by atoms with Crippen molar-refractivity contribution in [2.24, 2.45) is 5.92 Å². The molecular formula is C12H19N3O3. The van der Waals surface area contributed by atoms with Crippen LogP contribution in [0, 0.1) is 5.92 Å². The fourth-order valence-electron chi connectivity index (χ4n) is 2.57. The minimum Gasteiger partial charge on any atom is -0.355 e. The first-order valence-electron chi connectivity index (χ1n) is 6.39. The van der Waals surface area contributed by atoms with E-state index in [-0.39, 0.29) is 29.7 Å². The average molecular weight is 253 g/mol. The van der Waals surface area contributed by atoms with Gasteiger partial charge < -0.3 is 15.5 Å². The highest BCUT2D eigenvalue weighted by atomic mass is 16.2. The van der Waals surface area contributed by atoms with Crippen LogP contribution in [-0.2, 0) is 14.4 Å². The fourth-order valence-corrected chi connectivity index (χ4v) is 2.57. The summed E-state index contributed by atoms with van der Waals surface area (Å²) >= 11 is 0. The van der Waals surface area contributed by atoms with E-state index in [1.807, 2.05) is 0 Å². The summed E-state index contributed by atoms with van der Waals surface area (Å²) in [5.41, 5.74) is 0. The first kappa shape index (κ1) is 12.9. The van der Waals surface area contributed by atoms with Gasteiger partial charge in [0.1, 0.15) is 0 Å². The lowest BCUT2D eigenvalue weighted by Gasteiger charge is -2.26. The maximum Gasteiger partial charge on any atom is 0.227 e. The second-order valence-corrected chi connectivity index (χ2v) is 5.01. The molecule has 2 N–H and O–H groups in total. The van der Waals surface area contributed by atoms with Gasteiger partial charge in [-0.2, -0.15) is 0 Å². The fraction of sp³-hybridized carbons (Fsp3) is 0.750. The summed E-state index contributed by atoms with van der Waals surface area (Å²) in [4.78, 5) is 36.0. The van der Waals surface area contributed by atoms with Crippen LogP contribution in [0.2, 0.25) is 0 Å². The van der Waals surface area contributed by atoms with Crippen LogP contribution in [0.4, 0.5) is 0 Å². The first-order chi connectivity index (χ1) is 8.56. The van der Waals surface area contributed by atoms with E-state index in [0.717, 1.165) is 6.42 Å². The molecule has 18 heavy (non-hydrogen) atoms. The Balaban J connectivity index is 1.83. The number of amides is 3. The Morgan fingerprint density at radius 2 is 2.17 bits per heavy atom. The number of nitrogens with zero attached hydrogens (tertiary/aromatic N) is 1. The summed E-state index contributed by atoms with van der Waals surface area (Å²) in [5, 5.41) is 5.56. The maximum absolute atomic E-state index is 12.2. The molecule has 2 saturated heterocycles. The molecule has 2 aliphatic heterocycles. The molecule has 6 heteroatoms. The highest BCUT2D eigenvalue weighted by Gasteiger charge is 2.32. The summed E-state index contributed by atoms with van der Waals surface area (Å²) in [6.45, 7) is 3.21. The zero-order chi connectivity index (χ0) is 13.1. The molecule has 3 amide bonds. The number of rotatable bonds is 2. The van der Waals surface area contributed by atoms with E-state index in [0.29, 0.717) is 32.5 Å². The quantitative estimate of drug-likeness (QED) is 0.679. The molecule has 2 fully saturated rings. The lowest BCUT2D eigenvalue weighted by Crippen LogP contribution is -2.45. The summed E-state index contributed by atoms with van der Waals surface area (Å²) in [7, 11) is 0. The zero-order valence-corrected chi connectivity index (χ0v) is 10.6. The van der Waals surface area contributed by atoms with Gasteiger partial charge in [-0.05, 0) is 12.8 Å². The lowest BCUT2D eigenvalue weighted by atomic mass is 9.98. The molecular weight excluding hydrogens is 234 g/mol. The number of likely N-dealkylation sites (tertiary alicyclic amines) is 1. The Morgan fingerprint density at radius 3 is 2.78 bits per heavy atom. The summed E-state index contributed by atoms with van der Waals surface area (Å²) in [6.07, 6.45) is 1.87. The average Bonchev–Trinajstić information content (AvgIpc) is 2.76. The second kappa shape index (κ2) is 5.37. The number of piperidine rings is 1. The third-order valence-corrected chi connectivity index (χ3v) is 3.52. The van der Waals surface area contributed by atoms with E-state index < -0.39 is 0 Å². The molecule has 2 rings (SSSR count). The van der Waals surface area contributed by atoms with Gasteiger partial charge in [0.25, 0.3) is 0 Å². The molecule has 0 aromatic rings. The first-order valence-corrected chi connectivity index (χ1v) is 6.39. The van der Waals surface area contributed by atoms with E-state index in [4.69, 9.17) is 0 Å². The summed E-state index contributed by atoms with van der Waals surface area (Å²) in [5.74, 6) is -0.0301. The zero-order valence-electron chi connectivity index (χ0n) is 10.6. The van der Waals surface area contributed by atoms with E-state index in [1.165, 1.54) is 6.92 Å². The van der Waals surface area contributed by atoms with Crippen LogP contribution in [0.5, 0.6) is 0 Å². The molecule has 0 spiro atoms. The predicted octanol–water partition coefficient (Wildman–Crippen LogP) is -0.750. The van der Waals surface area contributed by atoms with E-state index >= 15 is 0 Å². The van der Waals surface area contributed by atoms with Crippen LogP contribution in [0.15, 0.2) is 0 Å². The van der Waals surface area contributed by atoms with Crippen molar-refractivity contribution in [2.45, 2.75) is 32.2 Å². The minimum absolute atomic E-state index is 0.0246. The molecule has 100 valence electrons. The third-order valence-electron chi connectivity index (χ3n) is 3.52. The van der Waals surface area contributed by atoms with Gasteiger partial charge in [0.15, 0.2) is 0 Å². The van der Waals surface area contributed by atoms with E-state index in [1.54, 1.807) is 4.90 Å². The van der Waals surface area contributed by atoms with Crippen LogP contribution in [0.25, 0.3) is 0 Å². The Morgan fingerprint density at radius 1 is 1.39 bits per heavy atom. The van der Waals surface area contributed by atoms with Crippen LogP contribution in [-0.4, -0.2) is 48.3 Å². The molecule has 0 aromatic heterocycles. The molecule has 0 bridgehead atoms. The number of carbonyl (C=O) groups is 3. The maximum atomic E-state index is 12.2. The number of hydrogen-bond acceptors (Lipinski definition) is 3. The molecule has 2 aliphatic rings. The largest absolute Gasteiger partial charge is 0.355 e. The van der Waals surface area contributed by atoms with Crippen LogP contribution >= 0.6 is 0 Å².